The summed E-state index contributed by atoms with van der Waals surface area (Å²) in [5.41, 5.74) is 0. The zero-order valence-electron chi connectivity index (χ0n) is 7.97. The summed E-state index contributed by atoms with van der Waals surface area (Å²) in [6.07, 6.45) is 5.94. The first kappa shape index (κ1) is 9.05. The molecule has 1 aliphatic carbocycles. The van der Waals surface area contributed by atoms with E-state index in [2.05, 4.69) is 18.7 Å². The van der Waals surface area contributed by atoms with E-state index in [1.807, 2.05) is 0 Å². The van der Waals surface area contributed by atoms with Crippen LogP contribution in [-0.4, -0.2) is 24.5 Å². The monoisotopic (exact) mass is 155 g/mol. The predicted molar refractivity (Wildman–Crippen MR) is 49.7 cm³/mol. The smallest absolute Gasteiger partial charge is 0.00163 e. The Labute approximate surface area is 70.8 Å². The van der Waals surface area contributed by atoms with Crippen molar-refractivity contribution in [2.75, 3.05) is 19.6 Å². The van der Waals surface area contributed by atoms with Crippen LogP contribution in [-0.2, 0) is 0 Å². The molecule has 66 valence electrons. The topological polar surface area (TPSA) is 3.24 Å². The fraction of sp³-hybridized carbons (Fsp3) is 1.00. The highest BCUT2D eigenvalue weighted by Gasteiger charge is 2.17. The molecule has 0 aromatic carbocycles. The minimum atomic E-state index is 1.08. The second-order valence-electron chi connectivity index (χ2n) is 3.61. The van der Waals surface area contributed by atoms with Gasteiger partial charge in [0.15, 0.2) is 0 Å². The van der Waals surface area contributed by atoms with Crippen LogP contribution in [0.1, 0.15) is 39.5 Å². The first-order valence-electron chi connectivity index (χ1n) is 5.09. The van der Waals surface area contributed by atoms with Gasteiger partial charge in [0.25, 0.3) is 0 Å². The van der Waals surface area contributed by atoms with Gasteiger partial charge in [0.1, 0.15) is 0 Å². The minimum Gasteiger partial charge on any atom is -0.304 e. The summed E-state index contributed by atoms with van der Waals surface area (Å²) in [6, 6.07) is 0. The van der Waals surface area contributed by atoms with Crippen molar-refractivity contribution in [2.45, 2.75) is 39.5 Å². The maximum absolute atomic E-state index is 2.53. The third-order valence-electron chi connectivity index (χ3n) is 2.97. The molecule has 0 aromatic heterocycles. The average Bonchev–Trinajstić information content (AvgIpc) is 1.95. The lowest BCUT2D eigenvalue weighted by Gasteiger charge is -2.28. The van der Waals surface area contributed by atoms with Crippen LogP contribution in [0.5, 0.6) is 0 Å². The highest BCUT2D eigenvalue weighted by molar-refractivity contribution is 4.70. The van der Waals surface area contributed by atoms with Crippen molar-refractivity contribution in [3.63, 3.8) is 0 Å². The van der Waals surface area contributed by atoms with Gasteiger partial charge in [-0.05, 0) is 32.0 Å². The Hall–Kier alpha value is -0.0400. The zero-order chi connectivity index (χ0) is 8.10. The van der Waals surface area contributed by atoms with Gasteiger partial charge in [-0.3, -0.25) is 0 Å². The molecule has 0 heterocycles. The molecule has 1 nitrogen and oxygen atoms in total. The fourth-order valence-corrected chi connectivity index (χ4v) is 1.69. The van der Waals surface area contributed by atoms with Crippen molar-refractivity contribution < 1.29 is 0 Å². The molecule has 0 aliphatic heterocycles. The Morgan fingerprint density at radius 1 is 1.18 bits per heavy atom. The highest BCUT2D eigenvalue weighted by atomic mass is 15.1. The number of rotatable bonds is 5. The summed E-state index contributed by atoms with van der Waals surface area (Å²) >= 11 is 0. The summed E-state index contributed by atoms with van der Waals surface area (Å²) in [5.74, 6) is 1.08. The van der Waals surface area contributed by atoms with Gasteiger partial charge in [0.2, 0.25) is 0 Å². The van der Waals surface area contributed by atoms with E-state index in [1.165, 1.54) is 45.3 Å². The first-order valence-corrected chi connectivity index (χ1v) is 5.09. The molecular formula is C10H21N. The third kappa shape index (κ3) is 2.82. The molecule has 0 spiro atoms. The van der Waals surface area contributed by atoms with E-state index in [0.29, 0.717) is 0 Å². The Balaban J connectivity index is 1.99. The number of nitrogens with zero attached hydrogens (tertiary/aromatic N) is 1. The maximum atomic E-state index is 2.53. The van der Waals surface area contributed by atoms with Crippen molar-refractivity contribution >= 4 is 0 Å². The van der Waals surface area contributed by atoms with E-state index in [1.54, 1.807) is 0 Å². The van der Waals surface area contributed by atoms with E-state index in [4.69, 9.17) is 0 Å². The van der Waals surface area contributed by atoms with Gasteiger partial charge in [-0.2, -0.15) is 0 Å². The molecule has 0 radical (unpaired) electrons. The zero-order valence-corrected chi connectivity index (χ0v) is 7.97. The van der Waals surface area contributed by atoms with Crippen LogP contribution in [0.4, 0.5) is 0 Å². The number of hydrogen-bond donors (Lipinski definition) is 0. The molecule has 1 heteroatoms. The predicted octanol–water partition coefficient (Wildman–Crippen LogP) is 2.52. The standard InChI is InChI=1S/C10H21N/c1-3-11(4-2)9-8-10-6-5-7-10/h10H,3-9H2,1-2H3. The van der Waals surface area contributed by atoms with Crippen molar-refractivity contribution in [3.05, 3.63) is 0 Å². The summed E-state index contributed by atoms with van der Waals surface area (Å²) in [5, 5.41) is 0. The van der Waals surface area contributed by atoms with E-state index >= 15 is 0 Å². The Morgan fingerprint density at radius 3 is 2.18 bits per heavy atom. The van der Waals surface area contributed by atoms with Crippen LogP contribution in [0.15, 0.2) is 0 Å². The number of hydrogen-bond acceptors (Lipinski definition) is 1. The van der Waals surface area contributed by atoms with E-state index in [0.717, 1.165) is 5.92 Å². The van der Waals surface area contributed by atoms with Gasteiger partial charge < -0.3 is 4.90 Å². The maximum Gasteiger partial charge on any atom is -0.00163 e. The molecule has 1 aliphatic rings. The first-order chi connectivity index (χ1) is 5.36. The SMILES string of the molecule is CCN(CC)CCC1CCC1. The van der Waals surface area contributed by atoms with Crippen LogP contribution in [0.25, 0.3) is 0 Å². The van der Waals surface area contributed by atoms with Gasteiger partial charge in [0.05, 0.1) is 0 Å². The molecule has 1 rings (SSSR count). The largest absolute Gasteiger partial charge is 0.304 e. The second kappa shape index (κ2) is 4.76. The molecule has 11 heavy (non-hydrogen) atoms. The lowest BCUT2D eigenvalue weighted by atomic mass is 9.83. The fourth-order valence-electron chi connectivity index (χ4n) is 1.69. The molecule has 1 saturated carbocycles. The van der Waals surface area contributed by atoms with Crippen LogP contribution in [0, 0.1) is 5.92 Å². The van der Waals surface area contributed by atoms with Crippen LogP contribution < -0.4 is 0 Å². The summed E-state index contributed by atoms with van der Waals surface area (Å²) < 4.78 is 0. The molecule has 0 bridgehead atoms. The van der Waals surface area contributed by atoms with Crippen molar-refractivity contribution in [1.82, 2.24) is 4.90 Å². The lowest BCUT2D eigenvalue weighted by molar-refractivity contribution is 0.226. The molecular weight excluding hydrogens is 134 g/mol. The van der Waals surface area contributed by atoms with Gasteiger partial charge in [0, 0.05) is 0 Å². The molecule has 0 unspecified atom stereocenters. The molecule has 1 fully saturated rings. The second-order valence-corrected chi connectivity index (χ2v) is 3.61. The Bertz CT molecular complexity index is 93.0. The quantitative estimate of drug-likeness (QED) is 0.589. The molecule has 0 aromatic rings. The van der Waals surface area contributed by atoms with Crippen LogP contribution in [0.3, 0.4) is 0 Å². The van der Waals surface area contributed by atoms with E-state index < -0.39 is 0 Å². The van der Waals surface area contributed by atoms with Crippen LogP contribution in [0.2, 0.25) is 0 Å². The molecule has 0 saturated heterocycles. The molecule has 0 amide bonds. The summed E-state index contributed by atoms with van der Waals surface area (Å²) in [4.78, 5) is 2.53. The summed E-state index contributed by atoms with van der Waals surface area (Å²) in [6.45, 7) is 8.29. The van der Waals surface area contributed by atoms with Gasteiger partial charge in [-0.1, -0.05) is 33.1 Å². The van der Waals surface area contributed by atoms with Crippen molar-refractivity contribution in [3.8, 4) is 0 Å². The molecule has 0 N–H and O–H groups in total. The van der Waals surface area contributed by atoms with E-state index in [9.17, 15) is 0 Å². The van der Waals surface area contributed by atoms with Crippen LogP contribution >= 0.6 is 0 Å². The van der Waals surface area contributed by atoms with Gasteiger partial charge >= 0.3 is 0 Å². The normalized spacial score (nSPS) is 18.8. The van der Waals surface area contributed by atoms with E-state index in [-0.39, 0.29) is 0 Å². The minimum absolute atomic E-state index is 1.08. The highest BCUT2D eigenvalue weighted by Crippen LogP contribution is 2.29. The lowest BCUT2D eigenvalue weighted by Crippen LogP contribution is -2.27. The molecule has 0 atom stereocenters. The third-order valence-corrected chi connectivity index (χ3v) is 2.97. The Kier molecular flexibility index (Phi) is 3.92. The average molecular weight is 155 g/mol. The van der Waals surface area contributed by atoms with Gasteiger partial charge in [-0.15, -0.1) is 0 Å². The van der Waals surface area contributed by atoms with Crippen molar-refractivity contribution in [1.29, 1.82) is 0 Å². The van der Waals surface area contributed by atoms with Gasteiger partial charge in [-0.25, -0.2) is 0 Å². The summed E-state index contributed by atoms with van der Waals surface area (Å²) in [7, 11) is 0. The Morgan fingerprint density at radius 2 is 1.82 bits per heavy atom. The van der Waals surface area contributed by atoms with Crippen molar-refractivity contribution in [2.24, 2.45) is 5.92 Å².